The van der Waals surface area contributed by atoms with Gasteiger partial charge in [-0.3, -0.25) is 0 Å². The van der Waals surface area contributed by atoms with Crippen LogP contribution in [0.2, 0.25) is 0 Å². The van der Waals surface area contributed by atoms with Gasteiger partial charge in [-0.05, 0) is 31.5 Å². The van der Waals surface area contributed by atoms with Crippen LogP contribution < -0.4 is 5.32 Å². The predicted octanol–water partition coefficient (Wildman–Crippen LogP) is 3.05. The van der Waals surface area contributed by atoms with Gasteiger partial charge < -0.3 is 9.88 Å². The molecule has 1 aromatic carbocycles. The van der Waals surface area contributed by atoms with Gasteiger partial charge >= 0.3 is 0 Å². The Hall–Kier alpha value is -1.79. The molecule has 3 rings (SSSR count). The number of aromatic nitrogens is 1. The minimum Gasteiger partial charge on any atom is -0.347 e. The summed E-state index contributed by atoms with van der Waals surface area (Å²) in [6.07, 6.45) is 5.31. The van der Waals surface area contributed by atoms with Crippen LogP contribution in [0, 0.1) is 16.7 Å². The monoisotopic (exact) mass is 253 g/mol. The summed E-state index contributed by atoms with van der Waals surface area (Å²) in [7, 11) is 1.98. The summed E-state index contributed by atoms with van der Waals surface area (Å²) < 4.78 is 2.34. The van der Waals surface area contributed by atoms with Crippen molar-refractivity contribution in [2.75, 3.05) is 7.05 Å². The number of nitrogens with one attached hydrogen (secondary N) is 1. The van der Waals surface area contributed by atoms with E-state index in [9.17, 15) is 0 Å². The van der Waals surface area contributed by atoms with Crippen molar-refractivity contribution in [2.24, 2.45) is 5.41 Å². The van der Waals surface area contributed by atoms with Gasteiger partial charge in [0.25, 0.3) is 0 Å². The third-order valence-electron chi connectivity index (χ3n) is 4.16. The molecule has 0 spiro atoms. The zero-order valence-electron chi connectivity index (χ0n) is 11.3. The Balaban J connectivity index is 1.97. The van der Waals surface area contributed by atoms with Crippen LogP contribution in [0.15, 0.2) is 30.5 Å². The van der Waals surface area contributed by atoms with Gasteiger partial charge in [-0.15, -0.1) is 0 Å². The van der Waals surface area contributed by atoms with Gasteiger partial charge in [0.15, 0.2) is 0 Å². The van der Waals surface area contributed by atoms with E-state index >= 15 is 0 Å². The molecule has 0 unspecified atom stereocenters. The van der Waals surface area contributed by atoms with Crippen molar-refractivity contribution in [3.05, 3.63) is 36.0 Å². The van der Waals surface area contributed by atoms with Gasteiger partial charge in [0.1, 0.15) is 0 Å². The fraction of sp³-hybridized carbons (Fsp3) is 0.438. The second kappa shape index (κ2) is 4.71. The van der Waals surface area contributed by atoms with Crippen molar-refractivity contribution >= 4 is 10.9 Å². The third kappa shape index (κ3) is 2.24. The molecule has 3 nitrogen and oxygen atoms in total. The van der Waals surface area contributed by atoms with Gasteiger partial charge in [0.2, 0.25) is 0 Å². The number of hydrogen-bond acceptors (Lipinski definition) is 2. The molecular weight excluding hydrogens is 234 g/mol. The van der Waals surface area contributed by atoms with Crippen molar-refractivity contribution in [3.63, 3.8) is 0 Å². The Bertz CT molecular complexity index is 629. The molecule has 0 aliphatic heterocycles. The number of fused-ring (bicyclic) bond motifs is 1. The fourth-order valence-electron chi connectivity index (χ4n) is 2.88. The maximum absolute atomic E-state index is 8.95. The van der Waals surface area contributed by atoms with Crippen molar-refractivity contribution in [1.29, 1.82) is 5.26 Å². The lowest BCUT2D eigenvalue weighted by Crippen LogP contribution is -2.10. The highest BCUT2D eigenvalue weighted by Gasteiger charge is 2.42. The Morgan fingerprint density at radius 2 is 2.16 bits per heavy atom. The van der Waals surface area contributed by atoms with E-state index < -0.39 is 0 Å². The Kier molecular flexibility index (Phi) is 3.04. The minimum absolute atomic E-state index is 0.244. The lowest BCUT2D eigenvalue weighted by molar-refractivity contribution is 0.439. The number of para-hydroxylation sites is 1. The molecule has 19 heavy (non-hydrogen) atoms. The molecule has 1 N–H and O–H groups in total. The zero-order valence-corrected chi connectivity index (χ0v) is 11.3. The summed E-state index contributed by atoms with van der Waals surface area (Å²) in [6, 6.07) is 10.9. The first-order valence-corrected chi connectivity index (χ1v) is 6.86. The molecule has 0 saturated heterocycles. The molecule has 1 aliphatic carbocycles. The summed E-state index contributed by atoms with van der Waals surface area (Å²) in [5.41, 5.74) is 2.87. The SMILES string of the molecule is CNCc1cn(CC2(CC#N)CC2)c2ccccc12. The van der Waals surface area contributed by atoms with Crippen LogP contribution in [0.5, 0.6) is 0 Å². The summed E-state index contributed by atoms with van der Waals surface area (Å²) in [4.78, 5) is 0. The highest BCUT2D eigenvalue weighted by atomic mass is 15.0. The molecule has 0 amide bonds. The molecule has 1 aliphatic rings. The van der Waals surface area contributed by atoms with Crippen LogP contribution in [0.25, 0.3) is 10.9 Å². The van der Waals surface area contributed by atoms with Gasteiger partial charge in [0.05, 0.1) is 6.07 Å². The minimum atomic E-state index is 0.244. The predicted molar refractivity (Wildman–Crippen MR) is 76.6 cm³/mol. The maximum atomic E-state index is 8.95. The molecule has 98 valence electrons. The molecule has 1 heterocycles. The topological polar surface area (TPSA) is 40.8 Å². The Morgan fingerprint density at radius 3 is 2.84 bits per heavy atom. The van der Waals surface area contributed by atoms with Crippen LogP contribution in [-0.4, -0.2) is 11.6 Å². The number of nitrogens with zero attached hydrogens (tertiary/aromatic N) is 2. The first-order valence-electron chi connectivity index (χ1n) is 6.86. The summed E-state index contributed by atoms with van der Waals surface area (Å²) in [6.45, 7) is 1.86. The molecule has 1 fully saturated rings. The maximum Gasteiger partial charge on any atom is 0.0628 e. The van der Waals surface area contributed by atoms with Crippen LogP contribution in [0.4, 0.5) is 0 Å². The van der Waals surface area contributed by atoms with E-state index in [4.69, 9.17) is 5.26 Å². The smallest absolute Gasteiger partial charge is 0.0628 e. The van der Waals surface area contributed by atoms with E-state index in [2.05, 4.69) is 46.4 Å². The average Bonchev–Trinajstić information content (AvgIpc) is 3.09. The molecule has 0 bridgehead atoms. The van der Waals surface area contributed by atoms with Gasteiger partial charge in [-0.2, -0.15) is 5.26 Å². The van der Waals surface area contributed by atoms with E-state index in [0.717, 1.165) is 13.1 Å². The van der Waals surface area contributed by atoms with E-state index in [1.807, 2.05) is 7.05 Å². The summed E-state index contributed by atoms with van der Waals surface area (Å²) >= 11 is 0. The lowest BCUT2D eigenvalue weighted by Gasteiger charge is -2.13. The van der Waals surface area contributed by atoms with Crippen molar-refractivity contribution in [2.45, 2.75) is 32.4 Å². The molecule has 1 saturated carbocycles. The first-order chi connectivity index (χ1) is 9.28. The van der Waals surface area contributed by atoms with E-state index in [-0.39, 0.29) is 5.41 Å². The largest absolute Gasteiger partial charge is 0.347 e. The van der Waals surface area contributed by atoms with Crippen LogP contribution in [0.1, 0.15) is 24.8 Å². The molecule has 3 heteroatoms. The standard InChI is InChI=1S/C16H19N3/c1-18-10-13-11-19(12-16(6-7-16)8-9-17)15-5-3-2-4-14(13)15/h2-5,11,18H,6-8,10,12H2,1H3. The number of benzene rings is 1. The highest BCUT2D eigenvalue weighted by Crippen LogP contribution is 2.50. The first kappa shape index (κ1) is 12.3. The third-order valence-corrected chi connectivity index (χ3v) is 4.16. The number of nitriles is 1. The molecular formula is C16H19N3. The van der Waals surface area contributed by atoms with Crippen LogP contribution in [0.3, 0.4) is 0 Å². The number of rotatable bonds is 5. The highest BCUT2D eigenvalue weighted by molar-refractivity contribution is 5.84. The van der Waals surface area contributed by atoms with Gasteiger partial charge in [0, 0.05) is 42.0 Å². The molecule has 0 radical (unpaired) electrons. The Morgan fingerprint density at radius 1 is 1.37 bits per heavy atom. The van der Waals surface area contributed by atoms with Gasteiger partial charge in [-0.1, -0.05) is 18.2 Å². The molecule has 0 atom stereocenters. The van der Waals surface area contributed by atoms with E-state index in [0.29, 0.717) is 6.42 Å². The molecule has 1 aromatic heterocycles. The normalized spacial score (nSPS) is 16.4. The fourth-order valence-corrected chi connectivity index (χ4v) is 2.88. The quantitative estimate of drug-likeness (QED) is 0.889. The number of hydrogen-bond donors (Lipinski definition) is 1. The van der Waals surface area contributed by atoms with Crippen LogP contribution >= 0.6 is 0 Å². The lowest BCUT2D eigenvalue weighted by atomic mass is 10.0. The van der Waals surface area contributed by atoms with Crippen LogP contribution in [-0.2, 0) is 13.1 Å². The molecule has 2 aromatic rings. The van der Waals surface area contributed by atoms with E-state index in [1.165, 1.54) is 29.3 Å². The zero-order chi connectivity index (χ0) is 13.3. The average molecular weight is 253 g/mol. The van der Waals surface area contributed by atoms with E-state index in [1.54, 1.807) is 0 Å². The summed E-state index contributed by atoms with van der Waals surface area (Å²) in [5, 5.41) is 13.5. The van der Waals surface area contributed by atoms with Gasteiger partial charge in [-0.25, -0.2) is 0 Å². The van der Waals surface area contributed by atoms with Crippen molar-refractivity contribution in [1.82, 2.24) is 9.88 Å². The Labute approximate surface area is 113 Å². The van der Waals surface area contributed by atoms with Crippen molar-refractivity contribution < 1.29 is 0 Å². The summed E-state index contributed by atoms with van der Waals surface area (Å²) in [5.74, 6) is 0. The second-order valence-corrected chi connectivity index (χ2v) is 5.66. The van der Waals surface area contributed by atoms with Crippen molar-refractivity contribution in [3.8, 4) is 6.07 Å². The second-order valence-electron chi connectivity index (χ2n) is 5.66.